The van der Waals surface area contributed by atoms with Crippen molar-refractivity contribution in [1.82, 2.24) is 4.98 Å². The van der Waals surface area contributed by atoms with Crippen molar-refractivity contribution < 1.29 is 9.53 Å². The number of anilines is 1. The molecule has 18 heavy (non-hydrogen) atoms. The lowest BCUT2D eigenvalue weighted by atomic mass is 10.1. The quantitative estimate of drug-likeness (QED) is 0.902. The molecule has 94 valence electrons. The molecule has 0 aliphatic rings. The van der Waals surface area contributed by atoms with E-state index >= 15 is 0 Å². The first-order valence-corrected chi connectivity index (χ1v) is 5.74. The largest absolute Gasteiger partial charge is 0.369 e. The molecule has 0 saturated carbocycles. The van der Waals surface area contributed by atoms with E-state index < -0.39 is 5.60 Å². The van der Waals surface area contributed by atoms with Gasteiger partial charge in [0, 0.05) is 12.5 Å². The van der Waals surface area contributed by atoms with E-state index in [4.69, 9.17) is 4.74 Å². The zero-order chi connectivity index (χ0) is 13.2. The van der Waals surface area contributed by atoms with E-state index in [1.807, 2.05) is 30.3 Å². The number of carbonyl (C=O) groups excluding carboxylic acids is 1. The Balaban J connectivity index is 2.25. The van der Waals surface area contributed by atoms with Gasteiger partial charge in [-0.2, -0.15) is 0 Å². The number of aromatic nitrogens is 1. The molecule has 0 fully saturated rings. The summed E-state index contributed by atoms with van der Waals surface area (Å²) < 4.78 is 5.13. The minimum Gasteiger partial charge on any atom is -0.369 e. The van der Waals surface area contributed by atoms with E-state index in [9.17, 15) is 4.79 Å². The standard InChI is InChI=1S/C14H16N2O2/c1-14(2,18-3)13(17)16-11-8-10-6-4-5-7-12(10)15-9-11/h4-9H,1-3H3,(H,16,17). The lowest BCUT2D eigenvalue weighted by Crippen LogP contribution is -2.38. The van der Waals surface area contributed by atoms with Gasteiger partial charge >= 0.3 is 0 Å². The minimum absolute atomic E-state index is 0.193. The van der Waals surface area contributed by atoms with Crippen molar-refractivity contribution in [2.45, 2.75) is 19.4 Å². The average molecular weight is 244 g/mol. The Bertz CT molecular complexity index is 579. The van der Waals surface area contributed by atoms with Crippen LogP contribution < -0.4 is 5.32 Å². The monoisotopic (exact) mass is 244 g/mol. The molecule has 2 aromatic rings. The topological polar surface area (TPSA) is 51.2 Å². The smallest absolute Gasteiger partial charge is 0.256 e. The number of para-hydroxylation sites is 1. The zero-order valence-corrected chi connectivity index (χ0v) is 10.7. The normalized spacial score (nSPS) is 11.5. The van der Waals surface area contributed by atoms with Crippen molar-refractivity contribution in [1.29, 1.82) is 0 Å². The van der Waals surface area contributed by atoms with Gasteiger partial charge in [0.15, 0.2) is 0 Å². The average Bonchev–Trinajstić information content (AvgIpc) is 2.38. The third-order valence-corrected chi connectivity index (χ3v) is 2.91. The highest BCUT2D eigenvalue weighted by Crippen LogP contribution is 2.18. The maximum Gasteiger partial charge on any atom is 0.256 e. The van der Waals surface area contributed by atoms with Crippen LogP contribution in [0.5, 0.6) is 0 Å². The fraction of sp³-hybridized carbons (Fsp3) is 0.286. The van der Waals surface area contributed by atoms with Crippen molar-refractivity contribution in [2.75, 3.05) is 12.4 Å². The number of fused-ring (bicyclic) bond motifs is 1. The van der Waals surface area contributed by atoms with Crippen LogP contribution in [0, 0.1) is 0 Å². The van der Waals surface area contributed by atoms with E-state index in [1.54, 1.807) is 20.0 Å². The summed E-state index contributed by atoms with van der Waals surface area (Å²) in [5, 5.41) is 3.79. The van der Waals surface area contributed by atoms with Crippen molar-refractivity contribution in [3.8, 4) is 0 Å². The first-order chi connectivity index (χ1) is 8.53. The molecule has 0 saturated heterocycles. The number of hydrogen-bond donors (Lipinski definition) is 1. The summed E-state index contributed by atoms with van der Waals surface area (Å²) in [6.45, 7) is 3.44. The molecule has 2 rings (SSSR count). The van der Waals surface area contributed by atoms with Crippen LogP contribution in [0.1, 0.15) is 13.8 Å². The van der Waals surface area contributed by atoms with Crippen molar-refractivity contribution >= 4 is 22.5 Å². The van der Waals surface area contributed by atoms with Crippen molar-refractivity contribution in [3.63, 3.8) is 0 Å². The Morgan fingerprint density at radius 3 is 2.78 bits per heavy atom. The van der Waals surface area contributed by atoms with E-state index in [0.29, 0.717) is 5.69 Å². The number of ether oxygens (including phenoxy) is 1. The van der Waals surface area contributed by atoms with Crippen LogP contribution in [0.15, 0.2) is 36.5 Å². The molecular formula is C14H16N2O2. The molecule has 1 N–H and O–H groups in total. The van der Waals surface area contributed by atoms with E-state index in [2.05, 4.69) is 10.3 Å². The Morgan fingerprint density at radius 2 is 2.06 bits per heavy atom. The summed E-state index contributed by atoms with van der Waals surface area (Å²) in [6, 6.07) is 9.65. The molecular weight excluding hydrogens is 228 g/mol. The third kappa shape index (κ3) is 2.49. The van der Waals surface area contributed by atoms with Crippen LogP contribution in [0.25, 0.3) is 10.9 Å². The third-order valence-electron chi connectivity index (χ3n) is 2.91. The van der Waals surface area contributed by atoms with Gasteiger partial charge in [-0.3, -0.25) is 9.78 Å². The highest BCUT2D eigenvalue weighted by atomic mass is 16.5. The number of rotatable bonds is 3. The second-order valence-corrected chi connectivity index (χ2v) is 4.59. The predicted molar refractivity (Wildman–Crippen MR) is 71.5 cm³/mol. The maximum absolute atomic E-state index is 11.9. The van der Waals surface area contributed by atoms with Gasteiger partial charge in [-0.1, -0.05) is 18.2 Å². The van der Waals surface area contributed by atoms with Gasteiger partial charge in [-0.05, 0) is 26.0 Å². The second kappa shape index (κ2) is 4.74. The second-order valence-electron chi connectivity index (χ2n) is 4.59. The van der Waals surface area contributed by atoms with Gasteiger partial charge in [-0.15, -0.1) is 0 Å². The van der Waals surface area contributed by atoms with Crippen molar-refractivity contribution in [3.05, 3.63) is 36.5 Å². The summed E-state index contributed by atoms with van der Waals surface area (Å²) in [5.41, 5.74) is 0.719. The molecule has 1 heterocycles. The molecule has 0 unspecified atom stereocenters. The van der Waals surface area contributed by atoms with Gasteiger partial charge in [0.25, 0.3) is 5.91 Å². The van der Waals surface area contributed by atoms with Gasteiger partial charge in [0.1, 0.15) is 5.60 Å². The lowest BCUT2D eigenvalue weighted by molar-refractivity contribution is -0.133. The van der Waals surface area contributed by atoms with Crippen LogP contribution in [-0.4, -0.2) is 23.6 Å². The van der Waals surface area contributed by atoms with E-state index in [1.165, 1.54) is 7.11 Å². The Morgan fingerprint density at radius 1 is 1.33 bits per heavy atom. The van der Waals surface area contributed by atoms with Crippen LogP contribution in [0.3, 0.4) is 0 Å². The fourth-order valence-corrected chi connectivity index (χ4v) is 1.51. The predicted octanol–water partition coefficient (Wildman–Crippen LogP) is 2.60. The minimum atomic E-state index is -0.856. The Hall–Kier alpha value is -1.94. The summed E-state index contributed by atoms with van der Waals surface area (Å²) in [7, 11) is 1.51. The van der Waals surface area contributed by atoms with Crippen LogP contribution in [0.2, 0.25) is 0 Å². The summed E-state index contributed by atoms with van der Waals surface area (Å²) in [4.78, 5) is 16.2. The van der Waals surface area contributed by atoms with Gasteiger partial charge < -0.3 is 10.1 Å². The number of carbonyl (C=O) groups is 1. The van der Waals surface area contributed by atoms with Crippen LogP contribution in [0.4, 0.5) is 5.69 Å². The van der Waals surface area contributed by atoms with Crippen molar-refractivity contribution in [2.24, 2.45) is 0 Å². The Kier molecular flexibility index (Phi) is 3.30. The van der Waals surface area contributed by atoms with Crippen LogP contribution in [-0.2, 0) is 9.53 Å². The molecule has 1 aromatic heterocycles. The molecule has 0 atom stereocenters. The molecule has 4 heteroatoms. The molecule has 1 aromatic carbocycles. The molecule has 1 amide bonds. The SMILES string of the molecule is COC(C)(C)C(=O)Nc1cnc2ccccc2c1. The van der Waals surface area contributed by atoms with E-state index in [0.717, 1.165) is 10.9 Å². The highest BCUT2D eigenvalue weighted by molar-refractivity contribution is 5.98. The number of nitrogens with one attached hydrogen (secondary N) is 1. The molecule has 4 nitrogen and oxygen atoms in total. The molecule has 0 bridgehead atoms. The number of benzene rings is 1. The lowest BCUT2D eigenvalue weighted by Gasteiger charge is -2.21. The summed E-state index contributed by atoms with van der Waals surface area (Å²) in [5.74, 6) is -0.193. The summed E-state index contributed by atoms with van der Waals surface area (Å²) >= 11 is 0. The Labute approximate surface area is 106 Å². The van der Waals surface area contributed by atoms with Gasteiger partial charge in [0.05, 0.1) is 17.4 Å². The van der Waals surface area contributed by atoms with E-state index in [-0.39, 0.29) is 5.91 Å². The van der Waals surface area contributed by atoms with Crippen LogP contribution >= 0.6 is 0 Å². The zero-order valence-electron chi connectivity index (χ0n) is 10.7. The number of pyridine rings is 1. The number of nitrogens with zero attached hydrogens (tertiary/aromatic N) is 1. The number of hydrogen-bond acceptors (Lipinski definition) is 3. The summed E-state index contributed by atoms with van der Waals surface area (Å²) in [6.07, 6.45) is 1.64. The first-order valence-electron chi connectivity index (χ1n) is 5.74. The number of amides is 1. The molecule has 0 radical (unpaired) electrons. The molecule has 0 aliphatic carbocycles. The number of methoxy groups -OCH3 is 1. The molecule has 0 spiro atoms. The first kappa shape index (κ1) is 12.5. The van der Waals surface area contributed by atoms with Gasteiger partial charge in [-0.25, -0.2) is 0 Å². The van der Waals surface area contributed by atoms with Gasteiger partial charge in [0.2, 0.25) is 0 Å². The highest BCUT2D eigenvalue weighted by Gasteiger charge is 2.26. The fourth-order valence-electron chi connectivity index (χ4n) is 1.51. The maximum atomic E-state index is 11.9. The molecule has 0 aliphatic heterocycles.